The minimum Gasteiger partial charge on any atom is -0.378 e. The second-order valence-corrected chi connectivity index (χ2v) is 6.32. The topological polar surface area (TPSA) is 56.2 Å². The molecule has 4 rings (SSSR count). The van der Waals surface area contributed by atoms with Gasteiger partial charge in [-0.1, -0.05) is 12.1 Å². The summed E-state index contributed by atoms with van der Waals surface area (Å²) in [7, 11) is 0. The summed E-state index contributed by atoms with van der Waals surface area (Å²) in [5, 5.41) is 3.17. The number of nitrogens with one attached hydrogen (secondary N) is 1. The van der Waals surface area contributed by atoms with E-state index in [1.807, 2.05) is 25.1 Å². The Morgan fingerprint density at radius 3 is 3.18 bits per heavy atom. The summed E-state index contributed by atoms with van der Waals surface area (Å²) >= 11 is 0. The Morgan fingerprint density at radius 1 is 1.45 bits per heavy atom. The second kappa shape index (κ2) is 5.39. The molecule has 1 aromatic heterocycles. The van der Waals surface area contributed by atoms with E-state index in [1.165, 1.54) is 0 Å². The maximum Gasteiger partial charge on any atom is 0.222 e. The first-order valence-electron chi connectivity index (χ1n) is 8.05. The summed E-state index contributed by atoms with van der Waals surface area (Å²) in [6.45, 7) is 3.52. The lowest BCUT2D eigenvalue weighted by Gasteiger charge is -2.39. The number of aryl methyl sites for hydroxylation is 2. The van der Waals surface area contributed by atoms with Crippen molar-refractivity contribution >= 4 is 16.9 Å². The number of rotatable bonds is 4. The lowest BCUT2D eigenvalue weighted by Crippen LogP contribution is -2.53. The third kappa shape index (κ3) is 2.29. The molecule has 0 radical (unpaired) electrons. The van der Waals surface area contributed by atoms with E-state index >= 15 is 0 Å². The SMILES string of the molecule is Cc1nc2ccccc2n1CCC(=O)N[C@@H]1C[C@H]2OCC[C@@H]12. The molecule has 1 N–H and O–H groups in total. The molecule has 2 heterocycles. The van der Waals surface area contributed by atoms with E-state index in [0.717, 1.165) is 36.3 Å². The fraction of sp³-hybridized carbons (Fsp3) is 0.529. The van der Waals surface area contributed by atoms with E-state index in [4.69, 9.17) is 4.74 Å². The zero-order valence-corrected chi connectivity index (χ0v) is 12.8. The predicted molar refractivity (Wildman–Crippen MR) is 83.5 cm³/mol. The first-order chi connectivity index (χ1) is 10.7. The van der Waals surface area contributed by atoms with E-state index in [1.54, 1.807) is 0 Å². The van der Waals surface area contributed by atoms with Gasteiger partial charge in [-0.3, -0.25) is 4.79 Å². The Kier molecular flexibility index (Phi) is 3.37. The van der Waals surface area contributed by atoms with Crippen LogP contribution in [0.2, 0.25) is 0 Å². The highest BCUT2D eigenvalue weighted by Crippen LogP contribution is 2.38. The summed E-state index contributed by atoms with van der Waals surface area (Å²) in [6.07, 6.45) is 2.95. The molecule has 5 heteroatoms. The zero-order chi connectivity index (χ0) is 15.1. The third-order valence-electron chi connectivity index (χ3n) is 5.02. The predicted octanol–water partition coefficient (Wildman–Crippen LogP) is 2.03. The van der Waals surface area contributed by atoms with Crippen LogP contribution in [0.3, 0.4) is 0 Å². The lowest BCUT2D eigenvalue weighted by molar-refractivity contribution is -0.124. The van der Waals surface area contributed by atoms with Crippen LogP contribution in [0.25, 0.3) is 11.0 Å². The van der Waals surface area contributed by atoms with Crippen molar-refractivity contribution in [3.63, 3.8) is 0 Å². The van der Waals surface area contributed by atoms with Crippen LogP contribution in [0.5, 0.6) is 0 Å². The molecule has 3 atom stereocenters. The molecule has 22 heavy (non-hydrogen) atoms. The number of carbonyl (C=O) groups is 1. The molecule has 116 valence electrons. The molecule has 5 nitrogen and oxygen atoms in total. The molecule has 2 aliphatic rings. The fourth-order valence-corrected chi connectivity index (χ4v) is 3.73. The van der Waals surface area contributed by atoms with Crippen molar-refractivity contribution in [3.05, 3.63) is 30.1 Å². The van der Waals surface area contributed by atoms with Crippen LogP contribution in [-0.2, 0) is 16.1 Å². The quantitative estimate of drug-likeness (QED) is 0.940. The van der Waals surface area contributed by atoms with Crippen molar-refractivity contribution in [1.82, 2.24) is 14.9 Å². The fourth-order valence-electron chi connectivity index (χ4n) is 3.73. The van der Waals surface area contributed by atoms with Crippen molar-refractivity contribution in [2.24, 2.45) is 5.92 Å². The average molecular weight is 299 g/mol. The maximum atomic E-state index is 12.2. The largest absolute Gasteiger partial charge is 0.378 e. The number of nitrogens with zero attached hydrogens (tertiary/aromatic N) is 2. The van der Waals surface area contributed by atoms with Crippen LogP contribution >= 0.6 is 0 Å². The Bertz CT molecular complexity index is 709. The summed E-state index contributed by atoms with van der Waals surface area (Å²) in [5.41, 5.74) is 2.09. The van der Waals surface area contributed by atoms with Crippen LogP contribution in [0.4, 0.5) is 0 Å². The first kappa shape index (κ1) is 13.8. The molecule has 1 saturated carbocycles. The number of hydrogen-bond donors (Lipinski definition) is 1. The number of para-hydroxylation sites is 2. The minimum absolute atomic E-state index is 0.132. The van der Waals surface area contributed by atoms with Crippen molar-refractivity contribution < 1.29 is 9.53 Å². The number of imidazole rings is 1. The molecular weight excluding hydrogens is 278 g/mol. The van der Waals surface area contributed by atoms with Gasteiger partial charge in [-0.25, -0.2) is 4.98 Å². The minimum atomic E-state index is 0.132. The number of benzene rings is 1. The first-order valence-corrected chi connectivity index (χ1v) is 8.05. The molecule has 1 saturated heterocycles. The van der Waals surface area contributed by atoms with Gasteiger partial charge in [0.2, 0.25) is 5.91 Å². The molecular formula is C17H21N3O2. The number of carbonyl (C=O) groups excluding carboxylic acids is 1. The third-order valence-corrected chi connectivity index (χ3v) is 5.02. The van der Waals surface area contributed by atoms with Gasteiger partial charge in [-0.15, -0.1) is 0 Å². The maximum absolute atomic E-state index is 12.2. The highest BCUT2D eigenvalue weighted by molar-refractivity contribution is 5.78. The van der Waals surface area contributed by atoms with E-state index in [0.29, 0.717) is 31.0 Å². The summed E-state index contributed by atoms with van der Waals surface area (Å²) in [6, 6.07) is 8.38. The number of ether oxygens (including phenoxy) is 1. The molecule has 0 spiro atoms. The monoisotopic (exact) mass is 299 g/mol. The van der Waals surface area contributed by atoms with Crippen LogP contribution in [-0.4, -0.2) is 34.2 Å². The Labute approximate surface area is 129 Å². The van der Waals surface area contributed by atoms with Gasteiger partial charge in [0.1, 0.15) is 5.82 Å². The standard InChI is InChI=1S/C17H21N3O2/c1-11-18-13-4-2-3-5-15(13)20(11)8-6-17(21)19-14-10-16-12(14)7-9-22-16/h2-5,12,14,16H,6-10H2,1H3,(H,19,21)/t12-,14+,16+/m0/s1. The van der Waals surface area contributed by atoms with Gasteiger partial charge in [0.25, 0.3) is 0 Å². The number of amides is 1. The molecule has 2 aromatic rings. The molecule has 1 amide bonds. The normalized spacial score (nSPS) is 26.7. The zero-order valence-electron chi connectivity index (χ0n) is 12.8. The number of fused-ring (bicyclic) bond motifs is 2. The van der Waals surface area contributed by atoms with E-state index in [-0.39, 0.29) is 5.91 Å². The highest BCUT2D eigenvalue weighted by atomic mass is 16.5. The van der Waals surface area contributed by atoms with Gasteiger partial charge in [0, 0.05) is 31.5 Å². The van der Waals surface area contributed by atoms with Crippen molar-refractivity contribution in [2.75, 3.05) is 6.61 Å². The van der Waals surface area contributed by atoms with Crippen molar-refractivity contribution in [1.29, 1.82) is 0 Å². The van der Waals surface area contributed by atoms with Gasteiger partial charge in [0.05, 0.1) is 17.1 Å². The number of hydrogen-bond acceptors (Lipinski definition) is 3. The summed E-state index contributed by atoms with van der Waals surface area (Å²) in [5.74, 6) is 1.63. The van der Waals surface area contributed by atoms with Crippen molar-refractivity contribution in [2.45, 2.75) is 44.9 Å². The van der Waals surface area contributed by atoms with Crippen LogP contribution in [0.1, 0.15) is 25.1 Å². The highest BCUT2D eigenvalue weighted by Gasteiger charge is 2.45. The van der Waals surface area contributed by atoms with Gasteiger partial charge < -0.3 is 14.6 Å². The van der Waals surface area contributed by atoms with Crippen LogP contribution in [0.15, 0.2) is 24.3 Å². The van der Waals surface area contributed by atoms with E-state index < -0.39 is 0 Å². The average Bonchev–Trinajstić information content (AvgIpc) is 3.02. The summed E-state index contributed by atoms with van der Waals surface area (Å²) < 4.78 is 7.70. The molecule has 1 aromatic carbocycles. The second-order valence-electron chi connectivity index (χ2n) is 6.32. The van der Waals surface area contributed by atoms with Crippen LogP contribution in [0, 0.1) is 12.8 Å². The molecule has 0 unspecified atom stereocenters. The Hall–Kier alpha value is -1.88. The van der Waals surface area contributed by atoms with Crippen molar-refractivity contribution in [3.8, 4) is 0 Å². The molecule has 1 aliphatic carbocycles. The Morgan fingerprint density at radius 2 is 2.32 bits per heavy atom. The Balaban J connectivity index is 1.37. The van der Waals surface area contributed by atoms with Gasteiger partial charge in [0.15, 0.2) is 0 Å². The van der Waals surface area contributed by atoms with Gasteiger partial charge in [-0.2, -0.15) is 0 Å². The number of aromatic nitrogens is 2. The van der Waals surface area contributed by atoms with Crippen LogP contribution < -0.4 is 5.32 Å². The van der Waals surface area contributed by atoms with E-state index in [2.05, 4.69) is 20.9 Å². The smallest absolute Gasteiger partial charge is 0.222 e. The summed E-state index contributed by atoms with van der Waals surface area (Å²) in [4.78, 5) is 16.7. The lowest BCUT2D eigenvalue weighted by atomic mass is 9.76. The molecule has 0 bridgehead atoms. The van der Waals surface area contributed by atoms with Gasteiger partial charge in [-0.05, 0) is 31.9 Å². The van der Waals surface area contributed by atoms with Gasteiger partial charge >= 0.3 is 0 Å². The van der Waals surface area contributed by atoms with E-state index in [9.17, 15) is 4.79 Å². The molecule has 1 aliphatic heterocycles. The molecule has 2 fully saturated rings.